The predicted octanol–water partition coefficient (Wildman–Crippen LogP) is -16.6. The van der Waals surface area contributed by atoms with Gasteiger partial charge in [0.2, 0.25) is 41.6 Å². The second-order valence-electron chi connectivity index (χ2n) is 4.88. The Morgan fingerprint density at radius 2 is 1.00 bits per heavy atom. The summed E-state index contributed by atoms with van der Waals surface area (Å²) in [5.74, 6) is 0. The molecule has 0 saturated carbocycles. The Hall–Kier alpha value is 5.95. The first kappa shape index (κ1) is 45.9. The Kier molecular flexibility index (Phi) is 26.7. The van der Waals surface area contributed by atoms with E-state index in [-0.39, 0.29) is 206 Å². The van der Waals surface area contributed by atoms with Gasteiger partial charge in [-0.25, -0.2) is 33.7 Å². The van der Waals surface area contributed by atoms with Crippen molar-refractivity contribution < 1.29 is 284 Å². The molecule has 33 heavy (non-hydrogen) atoms. The molecule has 1 aliphatic heterocycles. The van der Waals surface area contributed by atoms with E-state index in [1.54, 1.807) is 0 Å². The van der Waals surface area contributed by atoms with Crippen LogP contribution in [0.5, 0.6) is 0 Å². The minimum absolute atomic E-state index is 0. The third-order valence-electron chi connectivity index (χ3n) is 2.89. The van der Waals surface area contributed by atoms with Crippen LogP contribution < -0.4 is 206 Å². The van der Waals surface area contributed by atoms with Crippen LogP contribution in [0.1, 0.15) is 0 Å². The molecule has 0 unspecified atom stereocenters. The fraction of sp³-hybridized carbons (Fsp3) is 1.00. The normalized spacial score (nSPS) is 26.0. The van der Waals surface area contributed by atoms with Crippen LogP contribution in [0.3, 0.4) is 0 Å². The molecule has 1 heterocycles. The third-order valence-corrected chi connectivity index (χ3v) is 4.69. The van der Waals surface area contributed by atoms with Crippen molar-refractivity contribution in [2.45, 2.75) is 30.7 Å². The Bertz CT molecular complexity index is 994. The summed E-state index contributed by atoms with van der Waals surface area (Å²) in [7, 11) is -22.1. The smallest absolute Gasteiger partial charge is 0.726 e. The van der Waals surface area contributed by atoms with E-state index >= 15 is 0 Å². The molecule has 174 valence electrons. The van der Waals surface area contributed by atoms with Gasteiger partial charge in [-0.05, 0) is 0 Å². The van der Waals surface area contributed by atoms with E-state index in [2.05, 4.69) is 21.5 Å². The molecule has 0 aromatic carbocycles. The minimum atomic E-state index is -5.83. The zero-order valence-corrected chi connectivity index (χ0v) is 33.3. The number of hydrogen-bond donors (Lipinski definition) is 0. The van der Waals surface area contributed by atoms with Gasteiger partial charge < -0.3 is 27.7 Å². The number of ether oxygens (including phenoxy) is 2. The summed E-state index contributed by atoms with van der Waals surface area (Å²) in [5, 5.41) is 0. The van der Waals surface area contributed by atoms with Gasteiger partial charge in [-0.3, -0.25) is 16.7 Å². The van der Waals surface area contributed by atoms with Crippen LogP contribution in [0.15, 0.2) is 0 Å². The molecule has 0 amide bonds. The van der Waals surface area contributed by atoms with E-state index < -0.39 is 78.9 Å². The molecule has 0 radical (unpaired) electrons. The molecule has 0 aromatic rings. The van der Waals surface area contributed by atoms with Gasteiger partial charge in [0.05, 0.1) is 6.61 Å². The van der Waals surface area contributed by atoms with Crippen molar-refractivity contribution in [3.05, 3.63) is 0 Å². The van der Waals surface area contributed by atoms with Crippen LogP contribution in [0.25, 0.3) is 0 Å². The summed E-state index contributed by atoms with van der Waals surface area (Å²) in [5.41, 5.74) is 0. The summed E-state index contributed by atoms with van der Waals surface area (Å²) in [6, 6.07) is 0. The van der Waals surface area contributed by atoms with Crippen LogP contribution in [0, 0.1) is 0 Å². The Labute approximate surface area is 360 Å². The van der Waals surface area contributed by atoms with E-state index in [0.29, 0.717) is 0 Å². The van der Waals surface area contributed by atoms with Gasteiger partial charge in [0.25, 0.3) is 0 Å². The van der Waals surface area contributed by atoms with Gasteiger partial charge in [-0.15, -0.1) is 0 Å². The molecule has 26 heteroatoms. The maximum Gasteiger partial charge on any atom is 1.00 e. The third kappa shape index (κ3) is 20.5. The number of rotatable bonds is 10. The monoisotopic (exact) mass is 666 g/mol. The summed E-state index contributed by atoms with van der Waals surface area (Å²) in [6.07, 6.45) is -12.3. The molecule has 0 N–H and O–H groups in total. The molecular weight excluding hydrogens is 657 g/mol. The second kappa shape index (κ2) is 19.2. The minimum Gasteiger partial charge on any atom is -0.726 e. The number of methoxy groups -OCH3 is 1. The Balaban J connectivity index is -0.00000105. The van der Waals surface area contributed by atoms with E-state index in [0.717, 1.165) is 7.11 Å². The van der Waals surface area contributed by atoms with Crippen molar-refractivity contribution >= 4 is 41.6 Å². The van der Waals surface area contributed by atoms with Crippen molar-refractivity contribution in [3.63, 3.8) is 0 Å². The van der Waals surface area contributed by atoms with E-state index in [9.17, 15) is 51.9 Å². The quantitative estimate of drug-likeness (QED) is 0.119. The summed E-state index contributed by atoms with van der Waals surface area (Å²) in [4.78, 5) is 0. The second-order valence-corrected chi connectivity index (χ2v) is 8.96. The first-order valence-electron chi connectivity index (χ1n) is 6.52. The first-order chi connectivity index (χ1) is 12.8. The van der Waals surface area contributed by atoms with Crippen molar-refractivity contribution in [1.29, 1.82) is 0 Å². The summed E-state index contributed by atoms with van der Waals surface area (Å²) in [6.45, 7) is -1.46. The zero-order chi connectivity index (χ0) is 22.8. The maximum absolute atomic E-state index is 10.9. The fourth-order valence-electron chi connectivity index (χ4n) is 2.09. The Morgan fingerprint density at radius 1 is 0.636 bits per heavy atom. The largest absolute Gasteiger partial charge is 1.00 e. The first-order valence-corrected chi connectivity index (χ1v) is 11.9. The molecule has 1 saturated heterocycles. The van der Waals surface area contributed by atoms with Gasteiger partial charge in [0.1, 0.15) is 18.3 Å². The molecule has 1 rings (SSSR count). The summed E-state index contributed by atoms with van der Waals surface area (Å²) < 4.78 is 155. The molecule has 0 spiro atoms. The summed E-state index contributed by atoms with van der Waals surface area (Å²) >= 11 is 0. The van der Waals surface area contributed by atoms with Crippen LogP contribution in [-0.4, -0.2) is 96.3 Å². The van der Waals surface area contributed by atoms with Crippen molar-refractivity contribution in [2.75, 3.05) is 13.7 Å². The Morgan fingerprint density at radius 3 is 1.33 bits per heavy atom. The average Bonchev–Trinajstić information content (AvgIpc) is 2.44. The molecule has 5 atom stereocenters. The van der Waals surface area contributed by atoms with Gasteiger partial charge in [0, 0.05) is 7.11 Å². The SMILES string of the molecule is CO[C@H]1O[C@H](COS(=O)(=O)[O-])[C@@H](OS(=O)(=O)[O-])[C@H](OS(=O)(=O)[O-])[C@H]1OS(=O)(=O)[O-].[K+].[K+].[K+].[K+]. The molecule has 0 aromatic heterocycles. The van der Waals surface area contributed by atoms with Crippen molar-refractivity contribution in [1.82, 2.24) is 0 Å². The van der Waals surface area contributed by atoms with Crippen LogP contribution >= 0.6 is 0 Å². The molecule has 0 bridgehead atoms. The zero-order valence-electron chi connectivity index (χ0n) is 17.6. The topological polar surface area (TPSA) is 284 Å². The molecule has 18 nitrogen and oxygen atoms in total. The van der Waals surface area contributed by atoms with Crippen LogP contribution in [0.2, 0.25) is 0 Å². The maximum atomic E-state index is 10.9. The van der Waals surface area contributed by atoms with Gasteiger partial charge in [-0.1, -0.05) is 0 Å². The van der Waals surface area contributed by atoms with Gasteiger partial charge >= 0.3 is 206 Å². The van der Waals surface area contributed by atoms with Crippen LogP contribution in [-0.2, 0) is 67.8 Å². The molecule has 1 aliphatic rings. The van der Waals surface area contributed by atoms with E-state index in [1.807, 2.05) is 0 Å². The molecule has 0 aliphatic carbocycles. The standard InChI is InChI=1S/C7H14O18S4.4K/c1-20-7-6(25-29(17,18)19)5(24-28(14,15)16)4(23-27(11,12)13)3(22-7)2-21-26(8,9)10;;;;/h3-7H,2H2,1H3,(H,8,9,10)(H,11,12,13)(H,14,15,16)(H,17,18,19);;;;/q;4*+1/p-4/t3-,4-,5+,6-,7+;;;;/m1..../s1. The van der Waals surface area contributed by atoms with Gasteiger partial charge in [0.15, 0.2) is 12.4 Å². The fourth-order valence-corrected chi connectivity index (χ4v) is 3.86. The predicted molar refractivity (Wildman–Crippen MR) is 75.0 cm³/mol. The van der Waals surface area contributed by atoms with Crippen molar-refractivity contribution in [2.24, 2.45) is 0 Å². The van der Waals surface area contributed by atoms with E-state index in [4.69, 9.17) is 4.74 Å². The molecular formula is C7H10K4O18S4. The van der Waals surface area contributed by atoms with E-state index in [1.165, 1.54) is 0 Å². The van der Waals surface area contributed by atoms with Crippen LogP contribution in [0.4, 0.5) is 0 Å². The molecule has 1 fully saturated rings. The van der Waals surface area contributed by atoms with Crippen molar-refractivity contribution in [3.8, 4) is 0 Å². The van der Waals surface area contributed by atoms with Gasteiger partial charge in [-0.2, -0.15) is 0 Å². The average molecular weight is 667 g/mol. The number of hydrogen-bond acceptors (Lipinski definition) is 18.